The Morgan fingerprint density at radius 1 is 0.595 bits per heavy atom. The standard InChI is InChI=1S/C18H37NO.C6H11NO2.C6H13NO/c1-4-6-8-10-12-14-16-19(18(3)20)17-15-13-11-9-7-5-2;1-6(8)7-2-4-9-5-3-7;1-4-7(5-2)6(3)8/h4-17H2,1-3H3;2-5H2,1H3;4-5H2,1-3H3. The largest absolute Gasteiger partial charge is 0.378 e. The van der Waals surface area contributed by atoms with Gasteiger partial charge in [0, 0.05) is 60.0 Å². The smallest absolute Gasteiger partial charge is 0.219 e. The number of hydrogen-bond donors (Lipinski definition) is 0. The number of ether oxygens (including phenoxy) is 1. The number of carbonyl (C=O) groups is 3. The zero-order valence-electron chi connectivity index (χ0n) is 25.6. The van der Waals surface area contributed by atoms with E-state index in [1.165, 1.54) is 77.0 Å². The molecule has 7 nitrogen and oxygen atoms in total. The predicted octanol–water partition coefficient (Wildman–Crippen LogP) is 6.30. The molecule has 7 heteroatoms. The van der Waals surface area contributed by atoms with Gasteiger partial charge in [-0.1, -0.05) is 78.1 Å². The molecule has 1 aliphatic rings. The van der Waals surface area contributed by atoms with E-state index in [9.17, 15) is 14.4 Å². The summed E-state index contributed by atoms with van der Waals surface area (Å²) in [6, 6.07) is 0. The zero-order chi connectivity index (χ0) is 28.3. The molecule has 1 rings (SSSR count). The number of amides is 3. The van der Waals surface area contributed by atoms with Gasteiger partial charge in [0.1, 0.15) is 0 Å². The van der Waals surface area contributed by atoms with Gasteiger partial charge in [-0.25, -0.2) is 0 Å². The third-order valence-corrected chi connectivity index (χ3v) is 6.67. The molecule has 0 aromatic carbocycles. The van der Waals surface area contributed by atoms with Crippen molar-refractivity contribution in [1.29, 1.82) is 0 Å². The highest BCUT2D eigenvalue weighted by Crippen LogP contribution is 2.09. The van der Waals surface area contributed by atoms with Crippen LogP contribution < -0.4 is 0 Å². The Hall–Kier alpha value is -1.63. The molecule has 0 aromatic rings. The molecule has 0 atom stereocenters. The van der Waals surface area contributed by atoms with Gasteiger partial charge in [0.25, 0.3) is 0 Å². The normalized spacial score (nSPS) is 12.6. The topological polar surface area (TPSA) is 70.2 Å². The molecule has 1 saturated heterocycles. The summed E-state index contributed by atoms with van der Waals surface area (Å²) in [7, 11) is 0. The summed E-state index contributed by atoms with van der Waals surface area (Å²) in [5.41, 5.74) is 0. The fourth-order valence-corrected chi connectivity index (χ4v) is 4.14. The van der Waals surface area contributed by atoms with E-state index in [2.05, 4.69) is 18.7 Å². The second-order valence-electron chi connectivity index (χ2n) is 9.85. The highest BCUT2D eigenvalue weighted by molar-refractivity contribution is 5.73. The molecule has 0 aliphatic carbocycles. The van der Waals surface area contributed by atoms with Gasteiger partial charge in [-0.2, -0.15) is 0 Å². The van der Waals surface area contributed by atoms with Gasteiger partial charge >= 0.3 is 0 Å². The Morgan fingerprint density at radius 3 is 1.24 bits per heavy atom. The van der Waals surface area contributed by atoms with E-state index in [0.717, 1.165) is 39.3 Å². The van der Waals surface area contributed by atoms with Crippen molar-refractivity contribution in [1.82, 2.24) is 14.7 Å². The van der Waals surface area contributed by atoms with Crippen molar-refractivity contribution in [2.24, 2.45) is 0 Å². The van der Waals surface area contributed by atoms with Crippen LogP contribution in [-0.4, -0.2) is 84.9 Å². The monoisotopic (exact) mass is 527 g/mol. The van der Waals surface area contributed by atoms with Crippen LogP contribution in [0.1, 0.15) is 126 Å². The van der Waals surface area contributed by atoms with Crippen LogP contribution in [0, 0.1) is 0 Å². The van der Waals surface area contributed by atoms with Crippen LogP contribution in [0.2, 0.25) is 0 Å². The highest BCUT2D eigenvalue weighted by atomic mass is 16.5. The first-order valence-electron chi connectivity index (χ1n) is 15.1. The Morgan fingerprint density at radius 2 is 0.973 bits per heavy atom. The fourth-order valence-electron chi connectivity index (χ4n) is 4.14. The lowest BCUT2D eigenvalue weighted by molar-refractivity contribution is -0.133. The van der Waals surface area contributed by atoms with Gasteiger partial charge in [-0.05, 0) is 26.7 Å². The minimum atomic E-state index is 0.151. The third-order valence-electron chi connectivity index (χ3n) is 6.67. The molecule has 0 unspecified atom stereocenters. The molecule has 1 fully saturated rings. The summed E-state index contributed by atoms with van der Waals surface area (Å²) < 4.78 is 5.06. The molecule has 220 valence electrons. The lowest BCUT2D eigenvalue weighted by atomic mass is 10.1. The Bertz CT molecular complexity index is 531. The second-order valence-corrected chi connectivity index (χ2v) is 9.85. The molecule has 1 heterocycles. The number of hydrogen-bond acceptors (Lipinski definition) is 4. The zero-order valence-corrected chi connectivity index (χ0v) is 25.6. The number of unbranched alkanes of at least 4 members (excludes halogenated alkanes) is 10. The van der Waals surface area contributed by atoms with Crippen LogP contribution in [0.25, 0.3) is 0 Å². The van der Waals surface area contributed by atoms with Crippen molar-refractivity contribution >= 4 is 17.7 Å². The molecule has 0 aromatic heterocycles. The summed E-state index contributed by atoms with van der Waals surface area (Å²) in [5.74, 6) is 0.570. The van der Waals surface area contributed by atoms with Gasteiger partial charge in [-0.15, -0.1) is 0 Å². The van der Waals surface area contributed by atoms with Crippen LogP contribution in [0.5, 0.6) is 0 Å². The van der Waals surface area contributed by atoms with Crippen molar-refractivity contribution in [3.8, 4) is 0 Å². The van der Waals surface area contributed by atoms with Crippen molar-refractivity contribution < 1.29 is 19.1 Å². The maximum Gasteiger partial charge on any atom is 0.219 e. The summed E-state index contributed by atoms with van der Waals surface area (Å²) in [4.78, 5) is 38.4. The fraction of sp³-hybridized carbons (Fsp3) is 0.900. The van der Waals surface area contributed by atoms with Gasteiger partial charge in [-0.3, -0.25) is 14.4 Å². The number of nitrogens with zero attached hydrogens (tertiary/aromatic N) is 3. The highest BCUT2D eigenvalue weighted by Gasteiger charge is 2.11. The quantitative estimate of drug-likeness (QED) is 0.221. The summed E-state index contributed by atoms with van der Waals surface area (Å²) in [6.45, 7) is 19.8. The first kappa shape index (κ1) is 37.5. The molecule has 0 radical (unpaired) electrons. The van der Waals surface area contributed by atoms with Crippen molar-refractivity contribution in [2.75, 3.05) is 52.5 Å². The summed E-state index contributed by atoms with van der Waals surface area (Å²) >= 11 is 0. The van der Waals surface area contributed by atoms with Crippen LogP contribution in [0.3, 0.4) is 0 Å². The Kier molecular flexibility index (Phi) is 27.8. The molecule has 37 heavy (non-hydrogen) atoms. The molecule has 3 amide bonds. The van der Waals surface area contributed by atoms with Crippen LogP contribution >= 0.6 is 0 Å². The molecule has 0 N–H and O–H groups in total. The van der Waals surface area contributed by atoms with Crippen molar-refractivity contribution in [3.63, 3.8) is 0 Å². The third kappa shape index (κ3) is 24.5. The van der Waals surface area contributed by atoms with E-state index in [0.29, 0.717) is 13.2 Å². The minimum absolute atomic E-state index is 0.151. The van der Waals surface area contributed by atoms with E-state index in [-0.39, 0.29) is 17.7 Å². The van der Waals surface area contributed by atoms with Gasteiger partial charge in [0.05, 0.1) is 13.2 Å². The van der Waals surface area contributed by atoms with Crippen LogP contribution in [-0.2, 0) is 19.1 Å². The van der Waals surface area contributed by atoms with E-state index >= 15 is 0 Å². The number of morpholine rings is 1. The number of carbonyl (C=O) groups excluding carboxylic acids is 3. The molecule has 1 aliphatic heterocycles. The van der Waals surface area contributed by atoms with E-state index in [1.54, 1.807) is 30.6 Å². The minimum Gasteiger partial charge on any atom is -0.378 e. The second kappa shape index (κ2) is 27.4. The van der Waals surface area contributed by atoms with Crippen molar-refractivity contribution in [3.05, 3.63) is 0 Å². The van der Waals surface area contributed by atoms with E-state index in [4.69, 9.17) is 4.74 Å². The first-order valence-corrected chi connectivity index (χ1v) is 15.1. The summed E-state index contributed by atoms with van der Waals surface area (Å²) in [6.07, 6.45) is 15.6. The Labute approximate surface area is 229 Å². The average Bonchev–Trinajstić information content (AvgIpc) is 2.88. The van der Waals surface area contributed by atoms with E-state index in [1.807, 2.05) is 13.8 Å². The summed E-state index contributed by atoms with van der Waals surface area (Å²) in [5, 5.41) is 0. The maximum atomic E-state index is 11.6. The Balaban J connectivity index is 0. The lowest BCUT2D eigenvalue weighted by Crippen LogP contribution is -2.39. The molecule has 0 bridgehead atoms. The molecule has 0 spiro atoms. The molecular weight excluding hydrogens is 466 g/mol. The first-order chi connectivity index (χ1) is 17.7. The van der Waals surface area contributed by atoms with Gasteiger partial charge in [0.2, 0.25) is 17.7 Å². The lowest BCUT2D eigenvalue weighted by Gasteiger charge is -2.25. The SMILES string of the molecule is CC(=O)N1CCOCC1.CCCCCCCCN(CCCCCCCC)C(C)=O.CCN(CC)C(C)=O. The van der Waals surface area contributed by atoms with Crippen molar-refractivity contribution in [2.45, 2.75) is 126 Å². The predicted molar refractivity (Wildman–Crippen MR) is 156 cm³/mol. The van der Waals surface area contributed by atoms with Crippen LogP contribution in [0.4, 0.5) is 0 Å². The van der Waals surface area contributed by atoms with E-state index < -0.39 is 0 Å². The number of rotatable bonds is 16. The van der Waals surface area contributed by atoms with Crippen LogP contribution in [0.15, 0.2) is 0 Å². The molecular formula is C30H61N3O4. The maximum absolute atomic E-state index is 11.6. The van der Waals surface area contributed by atoms with Gasteiger partial charge < -0.3 is 19.4 Å². The average molecular weight is 528 g/mol. The molecule has 0 saturated carbocycles. The van der Waals surface area contributed by atoms with Gasteiger partial charge in [0.15, 0.2) is 0 Å².